The first-order valence-electron chi connectivity index (χ1n) is 7.11. The number of carbonyl (C=O) groups excluding carboxylic acids is 1. The minimum Gasteiger partial charge on any atom is -0.481 e. The molecule has 1 aromatic heterocycles. The first kappa shape index (κ1) is 19.1. The lowest BCUT2D eigenvalue weighted by Crippen LogP contribution is -2.35. The van der Waals surface area contributed by atoms with Crippen LogP contribution in [0.2, 0.25) is 0 Å². The fraction of sp³-hybridized carbons (Fsp3) is 0.214. The molecular weight excluding hydrogens is 366 g/mol. The molecule has 11 nitrogen and oxygen atoms in total. The van der Waals surface area contributed by atoms with E-state index in [-0.39, 0.29) is 22.3 Å². The lowest BCUT2D eigenvalue weighted by molar-refractivity contribution is -0.385. The number of ether oxygens (including phenoxy) is 1. The van der Waals surface area contributed by atoms with Crippen LogP contribution < -0.4 is 14.8 Å². The topological polar surface area (TPSA) is 153 Å². The average Bonchev–Trinajstić information content (AvgIpc) is 2.53. The van der Waals surface area contributed by atoms with Crippen molar-refractivity contribution in [1.29, 1.82) is 0 Å². The Balaban J connectivity index is 2.24. The number of non-ortho nitro benzene ring substituents is 1. The monoisotopic (exact) mass is 381 g/mol. The van der Waals surface area contributed by atoms with Gasteiger partial charge in [0.2, 0.25) is 11.8 Å². The number of amides is 2. The van der Waals surface area contributed by atoms with Crippen LogP contribution in [-0.4, -0.2) is 36.4 Å². The number of rotatable bonds is 5. The van der Waals surface area contributed by atoms with Crippen LogP contribution in [0.15, 0.2) is 29.2 Å². The van der Waals surface area contributed by atoms with Crippen LogP contribution in [0, 0.1) is 24.0 Å². The summed E-state index contributed by atoms with van der Waals surface area (Å²) in [7, 11) is -2.97. The highest BCUT2D eigenvalue weighted by Gasteiger charge is 2.23. The molecule has 0 bridgehead atoms. The molecule has 12 heteroatoms. The van der Waals surface area contributed by atoms with Crippen LogP contribution in [-0.2, 0) is 10.0 Å². The van der Waals surface area contributed by atoms with Gasteiger partial charge in [-0.25, -0.2) is 22.9 Å². The molecule has 2 aromatic rings. The normalized spacial score (nSPS) is 10.9. The van der Waals surface area contributed by atoms with E-state index in [0.717, 1.165) is 6.07 Å². The van der Waals surface area contributed by atoms with E-state index in [0.29, 0.717) is 5.69 Å². The van der Waals surface area contributed by atoms with Gasteiger partial charge in [-0.2, -0.15) is 4.98 Å². The molecule has 2 N–H and O–H groups in total. The number of anilines is 1. The maximum absolute atomic E-state index is 12.4. The van der Waals surface area contributed by atoms with Crippen molar-refractivity contribution in [3.8, 4) is 5.88 Å². The van der Waals surface area contributed by atoms with Crippen molar-refractivity contribution in [3.63, 3.8) is 0 Å². The van der Waals surface area contributed by atoms with Gasteiger partial charge < -0.3 is 4.74 Å². The summed E-state index contributed by atoms with van der Waals surface area (Å²) in [6.45, 7) is 3.08. The summed E-state index contributed by atoms with van der Waals surface area (Å²) < 4.78 is 31.4. The molecule has 2 amide bonds. The second-order valence-corrected chi connectivity index (χ2v) is 6.79. The molecule has 0 fully saturated rings. The number of nitro benzene ring substituents is 1. The Labute approximate surface area is 148 Å². The predicted molar refractivity (Wildman–Crippen MR) is 90.5 cm³/mol. The van der Waals surface area contributed by atoms with Crippen molar-refractivity contribution in [2.24, 2.45) is 0 Å². The third kappa shape index (κ3) is 4.42. The van der Waals surface area contributed by atoms with Crippen molar-refractivity contribution >= 4 is 27.7 Å². The van der Waals surface area contributed by atoms with Crippen molar-refractivity contribution < 1.29 is 22.9 Å². The van der Waals surface area contributed by atoms with Gasteiger partial charge in [0.25, 0.3) is 15.7 Å². The standard InChI is InChI=1S/C14H15N5O6S/c1-8-4-5-10(19(21)22)7-11(8)26(23,24)18-14(20)17-13-15-9(2)6-12(16-13)25-3/h4-7H,1-3H3,(H2,15,16,17,18,20). The number of nitrogens with one attached hydrogen (secondary N) is 2. The zero-order valence-corrected chi connectivity index (χ0v) is 14.8. The van der Waals surface area contributed by atoms with E-state index >= 15 is 0 Å². The Kier molecular flexibility index (Phi) is 5.35. The van der Waals surface area contributed by atoms with E-state index in [1.165, 1.54) is 32.2 Å². The fourth-order valence-electron chi connectivity index (χ4n) is 2.00. The van der Waals surface area contributed by atoms with Crippen LogP contribution in [0.3, 0.4) is 0 Å². The van der Waals surface area contributed by atoms with Crippen LogP contribution in [0.1, 0.15) is 11.3 Å². The Morgan fingerprint density at radius 2 is 1.92 bits per heavy atom. The van der Waals surface area contributed by atoms with E-state index < -0.39 is 26.7 Å². The number of hydrogen-bond acceptors (Lipinski definition) is 8. The minimum absolute atomic E-state index is 0.162. The van der Waals surface area contributed by atoms with Gasteiger partial charge in [-0.05, 0) is 19.4 Å². The molecule has 0 spiro atoms. The molecule has 0 aliphatic rings. The number of methoxy groups -OCH3 is 1. The third-order valence-corrected chi connectivity index (χ3v) is 4.64. The van der Waals surface area contributed by atoms with Crippen molar-refractivity contribution in [2.45, 2.75) is 18.7 Å². The molecule has 0 atom stereocenters. The summed E-state index contributed by atoms with van der Waals surface area (Å²) in [5, 5.41) is 13.0. The summed E-state index contributed by atoms with van der Waals surface area (Å²) >= 11 is 0. The highest BCUT2D eigenvalue weighted by atomic mass is 32.2. The molecular formula is C14H15N5O6S. The van der Waals surface area contributed by atoms with Gasteiger partial charge in [-0.1, -0.05) is 6.07 Å². The summed E-state index contributed by atoms with van der Waals surface area (Å²) in [6, 6.07) is 3.72. The van der Waals surface area contributed by atoms with Crippen LogP contribution in [0.4, 0.5) is 16.4 Å². The molecule has 1 aromatic carbocycles. The molecule has 0 aliphatic carbocycles. The zero-order valence-electron chi connectivity index (χ0n) is 14.0. The van der Waals surface area contributed by atoms with Crippen LogP contribution >= 0.6 is 0 Å². The largest absolute Gasteiger partial charge is 0.481 e. The maximum atomic E-state index is 12.4. The molecule has 0 unspecified atom stereocenters. The number of nitrogens with zero attached hydrogens (tertiary/aromatic N) is 3. The summed E-state index contributed by atoms with van der Waals surface area (Å²) in [5.41, 5.74) is 0.317. The van der Waals surface area contributed by atoms with Crippen molar-refractivity contribution in [2.75, 3.05) is 12.4 Å². The first-order chi connectivity index (χ1) is 12.1. The molecule has 1 heterocycles. The number of aryl methyl sites for hydroxylation is 2. The number of carbonyl (C=O) groups is 1. The fourth-order valence-corrected chi connectivity index (χ4v) is 3.17. The summed E-state index contributed by atoms with van der Waals surface area (Å²) in [6.07, 6.45) is 0. The van der Waals surface area contributed by atoms with E-state index in [1.807, 2.05) is 0 Å². The van der Waals surface area contributed by atoms with E-state index in [1.54, 1.807) is 11.6 Å². The zero-order chi connectivity index (χ0) is 19.5. The second kappa shape index (κ2) is 7.31. The Bertz CT molecular complexity index is 976. The van der Waals surface area contributed by atoms with Gasteiger partial charge in [0.05, 0.1) is 16.9 Å². The summed E-state index contributed by atoms with van der Waals surface area (Å²) in [4.78, 5) is 29.5. The van der Waals surface area contributed by atoms with Gasteiger partial charge in [0.1, 0.15) is 0 Å². The highest BCUT2D eigenvalue weighted by Crippen LogP contribution is 2.21. The molecule has 0 radical (unpaired) electrons. The predicted octanol–water partition coefficient (Wildman–Crippen LogP) is 1.52. The Morgan fingerprint density at radius 1 is 1.23 bits per heavy atom. The lowest BCUT2D eigenvalue weighted by Gasteiger charge is -2.10. The lowest BCUT2D eigenvalue weighted by atomic mass is 10.2. The molecule has 138 valence electrons. The smallest absolute Gasteiger partial charge is 0.335 e. The molecule has 0 aliphatic heterocycles. The van der Waals surface area contributed by atoms with Crippen LogP contribution in [0.5, 0.6) is 5.88 Å². The number of nitro groups is 1. The van der Waals surface area contributed by atoms with Gasteiger partial charge >= 0.3 is 6.03 Å². The molecule has 0 saturated carbocycles. The molecule has 26 heavy (non-hydrogen) atoms. The van der Waals surface area contributed by atoms with Gasteiger partial charge in [-0.15, -0.1) is 0 Å². The number of hydrogen-bond donors (Lipinski definition) is 2. The Hall–Kier alpha value is -3.28. The van der Waals surface area contributed by atoms with Crippen molar-refractivity contribution in [3.05, 3.63) is 45.6 Å². The number of aromatic nitrogens is 2. The average molecular weight is 381 g/mol. The van der Waals surface area contributed by atoms with Gasteiger partial charge in [0, 0.05) is 23.9 Å². The number of benzene rings is 1. The van der Waals surface area contributed by atoms with Crippen LogP contribution in [0.25, 0.3) is 0 Å². The number of sulfonamides is 1. The van der Waals surface area contributed by atoms with Crippen molar-refractivity contribution in [1.82, 2.24) is 14.7 Å². The number of urea groups is 1. The highest BCUT2D eigenvalue weighted by molar-refractivity contribution is 7.90. The van der Waals surface area contributed by atoms with Gasteiger partial charge in [-0.3, -0.25) is 15.4 Å². The van der Waals surface area contributed by atoms with Gasteiger partial charge in [0.15, 0.2) is 0 Å². The second-order valence-electron chi connectivity index (χ2n) is 5.14. The Morgan fingerprint density at radius 3 is 2.54 bits per heavy atom. The van der Waals surface area contributed by atoms with E-state index in [2.05, 4.69) is 15.3 Å². The quantitative estimate of drug-likeness (QED) is 0.584. The third-order valence-electron chi connectivity index (χ3n) is 3.16. The summed E-state index contributed by atoms with van der Waals surface area (Å²) in [5.74, 6) is 0.0236. The minimum atomic E-state index is -4.35. The molecule has 2 rings (SSSR count). The first-order valence-corrected chi connectivity index (χ1v) is 8.59. The SMILES string of the molecule is COc1cc(C)nc(NC(=O)NS(=O)(=O)c2cc([N+](=O)[O-])ccc2C)n1. The molecule has 0 saturated heterocycles. The maximum Gasteiger partial charge on any atom is 0.335 e. The van der Waals surface area contributed by atoms with E-state index in [4.69, 9.17) is 4.74 Å². The van der Waals surface area contributed by atoms with E-state index in [9.17, 15) is 23.3 Å².